The van der Waals surface area contributed by atoms with Gasteiger partial charge in [0.05, 0.1) is 6.26 Å². The van der Waals surface area contributed by atoms with Gasteiger partial charge in [-0.3, -0.25) is 9.62 Å². The molecule has 1 saturated heterocycles. The molecule has 27 heavy (non-hydrogen) atoms. The maximum absolute atomic E-state index is 12.5. The Bertz CT molecular complexity index is 952. The lowest BCUT2D eigenvalue weighted by molar-refractivity contribution is 0.134. The van der Waals surface area contributed by atoms with Crippen molar-refractivity contribution in [2.75, 3.05) is 37.2 Å². The molecule has 9 heteroatoms. The number of hydrogen-bond acceptors (Lipinski definition) is 5. The molecule has 142 valence electrons. The summed E-state index contributed by atoms with van der Waals surface area (Å²) in [6, 6.07) is 9.08. The number of rotatable bonds is 4. The lowest BCUT2D eigenvalue weighted by Gasteiger charge is -2.34. The van der Waals surface area contributed by atoms with E-state index in [9.17, 15) is 13.2 Å². The standard InChI is InChI=1S/C18H21N5O3S/c1-3-15-4-6-16(7-5-15)14-21-10-12-22(13-11-21)18(24)23-9-8-17(19-23)20-27(2,25)26/h1,4-9H,10-14H2,2H3,(H,19,20). The van der Waals surface area contributed by atoms with Crippen LogP contribution < -0.4 is 4.72 Å². The molecular weight excluding hydrogens is 366 g/mol. The summed E-state index contributed by atoms with van der Waals surface area (Å²) >= 11 is 0. The van der Waals surface area contributed by atoms with Crippen molar-refractivity contribution < 1.29 is 13.2 Å². The Kier molecular flexibility index (Phi) is 5.48. The van der Waals surface area contributed by atoms with E-state index in [1.165, 1.54) is 17.8 Å². The molecule has 1 aliphatic heterocycles. The number of carbonyl (C=O) groups is 1. The van der Waals surface area contributed by atoms with E-state index in [2.05, 4.69) is 20.6 Å². The van der Waals surface area contributed by atoms with Crippen molar-refractivity contribution in [2.24, 2.45) is 0 Å². The molecule has 0 bridgehead atoms. The first kappa shape index (κ1) is 18.9. The summed E-state index contributed by atoms with van der Waals surface area (Å²) in [6.07, 6.45) is 7.86. The molecule has 3 rings (SSSR count). The molecular formula is C18H21N5O3S. The molecule has 1 N–H and O–H groups in total. The van der Waals surface area contributed by atoms with Crippen LogP contribution in [0.15, 0.2) is 36.5 Å². The zero-order chi connectivity index (χ0) is 19.4. The van der Waals surface area contributed by atoms with Gasteiger partial charge in [0.2, 0.25) is 10.0 Å². The van der Waals surface area contributed by atoms with E-state index >= 15 is 0 Å². The monoisotopic (exact) mass is 387 g/mol. The second-order valence-corrected chi connectivity index (χ2v) is 8.16. The molecule has 2 heterocycles. The van der Waals surface area contributed by atoms with Crippen molar-refractivity contribution in [3.8, 4) is 12.3 Å². The number of carbonyl (C=O) groups excluding carboxylic acids is 1. The predicted molar refractivity (Wildman–Crippen MR) is 103 cm³/mol. The minimum absolute atomic E-state index is 0.125. The number of benzene rings is 1. The van der Waals surface area contributed by atoms with Crippen LogP contribution in [0.4, 0.5) is 10.6 Å². The van der Waals surface area contributed by atoms with E-state index in [4.69, 9.17) is 6.42 Å². The third-order valence-corrected chi connectivity index (χ3v) is 4.82. The van der Waals surface area contributed by atoms with Gasteiger partial charge in [-0.05, 0) is 17.7 Å². The van der Waals surface area contributed by atoms with Crippen molar-refractivity contribution in [2.45, 2.75) is 6.54 Å². The van der Waals surface area contributed by atoms with Gasteiger partial charge in [-0.15, -0.1) is 11.5 Å². The van der Waals surface area contributed by atoms with Crippen molar-refractivity contribution >= 4 is 21.9 Å². The number of anilines is 1. The first-order chi connectivity index (χ1) is 12.8. The van der Waals surface area contributed by atoms with E-state index in [0.29, 0.717) is 13.1 Å². The van der Waals surface area contributed by atoms with Crippen LogP contribution in [0.25, 0.3) is 0 Å². The normalized spacial score (nSPS) is 15.3. The Labute approximate surface area is 158 Å². The molecule has 2 aromatic rings. The van der Waals surface area contributed by atoms with E-state index in [1.54, 1.807) is 4.90 Å². The van der Waals surface area contributed by atoms with Crippen LogP contribution >= 0.6 is 0 Å². The molecule has 1 fully saturated rings. The molecule has 0 radical (unpaired) electrons. The SMILES string of the molecule is C#Cc1ccc(CN2CCN(C(=O)n3ccc(NS(C)(=O)=O)n3)CC2)cc1. The summed E-state index contributed by atoms with van der Waals surface area (Å²) in [5.74, 6) is 2.73. The molecule has 0 saturated carbocycles. The number of aromatic nitrogens is 2. The fraction of sp³-hybridized carbons (Fsp3) is 0.333. The number of hydrogen-bond donors (Lipinski definition) is 1. The zero-order valence-corrected chi connectivity index (χ0v) is 15.8. The lowest BCUT2D eigenvalue weighted by atomic mass is 10.1. The van der Waals surface area contributed by atoms with Crippen LogP contribution in [0.3, 0.4) is 0 Å². The largest absolute Gasteiger partial charge is 0.344 e. The van der Waals surface area contributed by atoms with Gasteiger partial charge in [-0.25, -0.2) is 13.2 Å². The summed E-state index contributed by atoms with van der Waals surface area (Å²) in [7, 11) is -3.42. The third-order valence-electron chi connectivity index (χ3n) is 4.24. The maximum atomic E-state index is 12.5. The summed E-state index contributed by atoms with van der Waals surface area (Å²) in [5.41, 5.74) is 2.04. The second-order valence-electron chi connectivity index (χ2n) is 6.41. The molecule has 1 amide bonds. The number of nitrogens with zero attached hydrogens (tertiary/aromatic N) is 4. The van der Waals surface area contributed by atoms with E-state index in [-0.39, 0.29) is 11.8 Å². The van der Waals surface area contributed by atoms with Gasteiger partial charge in [0.1, 0.15) is 0 Å². The number of piperazine rings is 1. The van der Waals surface area contributed by atoms with Crippen LogP contribution in [0.1, 0.15) is 11.1 Å². The fourth-order valence-electron chi connectivity index (χ4n) is 2.88. The smallest absolute Gasteiger partial charge is 0.320 e. The molecule has 0 unspecified atom stereocenters. The molecule has 0 atom stereocenters. The summed E-state index contributed by atoms with van der Waals surface area (Å²) in [5, 5.41) is 3.98. The van der Waals surface area contributed by atoms with Crippen molar-refractivity contribution in [3.63, 3.8) is 0 Å². The minimum atomic E-state index is -3.42. The summed E-state index contributed by atoms with van der Waals surface area (Å²) in [6.45, 7) is 3.46. The van der Waals surface area contributed by atoms with E-state index in [0.717, 1.165) is 36.1 Å². The van der Waals surface area contributed by atoms with Gasteiger partial charge in [0, 0.05) is 50.6 Å². The quantitative estimate of drug-likeness (QED) is 0.792. The summed E-state index contributed by atoms with van der Waals surface area (Å²) < 4.78 is 25.9. The highest BCUT2D eigenvalue weighted by Crippen LogP contribution is 2.12. The summed E-state index contributed by atoms with van der Waals surface area (Å²) in [4.78, 5) is 16.5. The molecule has 0 spiro atoms. The highest BCUT2D eigenvalue weighted by Gasteiger charge is 2.23. The molecule has 1 aromatic carbocycles. The average molecular weight is 387 g/mol. The maximum Gasteiger partial charge on any atom is 0.344 e. The number of nitrogens with one attached hydrogen (secondary N) is 1. The first-order valence-electron chi connectivity index (χ1n) is 8.45. The first-order valence-corrected chi connectivity index (χ1v) is 10.3. The highest BCUT2D eigenvalue weighted by molar-refractivity contribution is 7.92. The predicted octanol–water partition coefficient (Wildman–Crippen LogP) is 1.02. The van der Waals surface area contributed by atoms with Gasteiger partial charge >= 0.3 is 6.03 Å². The van der Waals surface area contributed by atoms with Crippen LogP contribution in [-0.2, 0) is 16.6 Å². The fourth-order valence-corrected chi connectivity index (χ4v) is 3.37. The average Bonchev–Trinajstić information content (AvgIpc) is 3.09. The number of sulfonamides is 1. The molecule has 8 nitrogen and oxygen atoms in total. The van der Waals surface area contributed by atoms with Crippen molar-refractivity contribution in [1.82, 2.24) is 19.6 Å². The Morgan fingerprint density at radius 2 is 1.85 bits per heavy atom. The van der Waals surface area contributed by atoms with Gasteiger partial charge in [0.25, 0.3) is 0 Å². The van der Waals surface area contributed by atoms with Gasteiger partial charge in [-0.2, -0.15) is 4.68 Å². The number of amides is 1. The van der Waals surface area contributed by atoms with Gasteiger partial charge < -0.3 is 4.90 Å². The third kappa shape index (κ3) is 5.09. The number of terminal acetylenes is 1. The second kappa shape index (κ2) is 7.82. The van der Waals surface area contributed by atoms with Crippen molar-refractivity contribution in [3.05, 3.63) is 47.7 Å². The Morgan fingerprint density at radius 3 is 2.44 bits per heavy atom. The highest BCUT2D eigenvalue weighted by atomic mass is 32.2. The zero-order valence-electron chi connectivity index (χ0n) is 15.0. The van der Waals surface area contributed by atoms with Crippen molar-refractivity contribution in [1.29, 1.82) is 0 Å². The minimum Gasteiger partial charge on any atom is -0.320 e. The Hall–Kier alpha value is -2.83. The topological polar surface area (TPSA) is 87.5 Å². The molecule has 1 aromatic heterocycles. The Balaban J connectivity index is 1.54. The lowest BCUT2D eigenvalue weighted by Crippen LogP contribution is -2.49. The van der Waals surface area contributed by atoms with Crippen LogP contribution in [0, 0.1) is 12.3 Å². The van der Waals surface area contributed by atoms with Gasteiger partial charge in [0.15, 0.2) is 5.82 Å². The van der Waals surface area contributed by atoms with Crippen LogP contribution in [0.2, 0.25) is 0 Å². The van der Waals surface area contributed by atoms with E-state index in [1.807, 2.05) is 24.3 Å². The Morgan fingerprint density at radius 1 is 1.19 bits per heavy atom. The molecule has 1 aliphatic rings. The van der Waals surface area contributed by atoms with Crippen LogP contribution in [-0.4, -0.2) is 66.5 Å². The van der Waals surface area contributed by atoms with E-state index < -0.39 is 10.0 Å². The molecule has 0 aliphatic carbocycles. The van der Waals surface area contributed by atoms with Gasteiger partial charge in [-0.1, -0.05) is 18.1 Å². The van der Waals surface area contributed by atoms with Crippen LogP contribution in [0.5, 0.6) is 0 Å².